The molecule has 2 aromatic carbocycles. The van der Waals surface area contributed by atoms with Crippen molar-refractivity contribution in [3.05, 3.63) is 58.1 Å². The fraction of sp³-hybridized carbons (Fsp3) is 0.391. The topological polar surface area (TPSA) is 62.6 Å². The molecule has 5 nitrogen and oxygen atoms in total. The number of quaternary nitrogens is 1. The van der Waals surface area contributed by atoms with Gasteiger partial charge < -0.3 is 15.5 Å². The van der Waals surface area contributed by atoms with Crippen LogP contribution in [0.4, 0.5) is 11.4 Å². The first-order valence-electron chi connectivity index (χ1n) is 9.67. The van der Waals surface area contributed by atoms with Crippen molar-refractivity contribution in [3.63, 3.8) is 0 Å². The maximum atomic E-state index is 12.7. The largest absolute Gasteiger partial charge is 0.321 e. The van der Waals surface area contributed by atoms with Crippen LogP contribution >= 0.6 is 0 Å². The predicted octanol–water partition coefficient (Wildman–Crippen LogP) is 2.71. The summed E-state index contributed by atoms with van der Waals surface area (Å²) in [6.07, 6.45) is 0. The number of amides is 2. The Morgan fingerprint density at radius 2 is 1.57 bits per heavy atom. The SMILES string of the molecule is Cc1cc(C)c(NC(=O)[C@H](C)[NH+](C)CC(=O)Nc2cccc(C)c2C)c(C)c1. The lowest BCUT2D eigenvalue weighted by Gasteiger charge is -2.22. The van der Waals surface area contributed by atoms with Gasteiger partial charge in [0.05, 0.1) is 7.05 Å². The van der Waals surface area contributed by atoms with E-state index in [0.717, 1.165) is 38.5 Å². The summed E-state index contributed by atoms with van der Waals surface area (Å²) in [6, 6.07) is 9.60. The van der Waals surface area contributed by atoms with E-state index in [1.165, 1.54) is 5.56 Å². The lowest BCUT2D eigenvalue weighted by molar-refractivity contribution is -0.885. The van der Waals surface area contributed by atoms with Crippen molar-refractivity contribution in [2.75, 3.05) is 24.2 Å². The molecule has 0 spiro atoms. The molecule has 0 bridgehead atoms. The molecule has 0 aromatic heterocycles. The molecule has 0 saturated heterocycles. The van der Waals surface area contributed by atoms with Gasteiger partial charge in [-0.05, 0) is 69.9 Å². The fourth-order valence-corrected chi connectivity index (χ4v) is 3.32. The van der Waals surface area contributed by atoms with Crippen molar-refractivity contribution in [2.24, 2.45) is 0 Å². The summed E-state index contributed by atoms with van der Waals surface area (Å²) in [6.45, 7) is 12.1. The summed E-state index contributed by atoms with van der Waals surface area (Å²) in [7, 11) is 1.86. The molecule has 2 rings (SSSR count). The number of carbonyl (C=O) groups excluding carboxylic acids is 2. The number of hydrogen-bond acceptors (Lipinski definition) is 2. The Hall–Kier alpha value is -2.66. The van der Waals surface area contributed by atoms with E-state index in [4.69, 9.17) is 0 Å². The average molecular weight is 383 g/mol. The zero-order valence-corrected chi connectivity index (χ0v) is 18.0. The van der Waals surface area contributed by atoms with E-state index >= 15 is 0 Å². The van der Waals surface area contributed by atoms with Crippen LogP contribution in [0.15, 0.2) is 30.3 Å². The minimum Gasteiger partial charge on any atom is -0.321 e. The Balaban J connectivity index is 2.00. The minimum atomic E-state index is -0.357. The van der Waals surface area contributed by atoms with E-state index in [1.54, 1.807) is 0 Å². The molecule has 1 unspecified atom stereocenters. The van der Waals surface area contributed by atoms with Gasteiger partial charge in [0.2, 0.25) is 0 Å². The molecule has 0 aliphatic rings. The van der Waals surface area contributed by atoms with Crippen LogP contribution in [0.3, 0.4) is 0 Å². The number of aryl methyl sites for hydroxylation is 4. The molecule has 28 heavy (non-hydrogen) atoms. The summed E-state index contributed by atoms with van der Waals surface area (Å²) < 4.78 is 0. The van der Waals surface area contributed by atoms with Gasteiger partial charge in [0.15, 0.2) is 12.6 Å². The monoisotopic (exact) mass is 382 g/mol. The zero-order chi connectivity index (χ0) is 21.0. The highest BCUT2D eigenvalue weighted by molar-refractivity contribution is 5.96. The third-order valence-corrected chi connectivity index (χ3v) is 5.38. The smallest absolute Gasteiger partial charge is 0.282 e. The van der Waals surface area contributed by atoms with Crippen LogP contribution < -0.4 is 15.5 Å². The highest BCUT2D eigenvalue weighted by atomic mass is 16.2. The summed E-state index contributed by atoms with van der Waals surface area (Å²) in [4.78, 5) is 26.0. The second kappa shape index (κ2) is 9.02. The van der Waals surface area contributed by atoms with E-state index in [-0.39, 0.29) is 24.4 Å². The van der Waals surface area contributed by atoms with Crippen molar-refractivity contribution in [1.29, 1.82) is 0 Å². The first-order chi connectivity index (χ1) is 13.1. The first-order valence-corrected chi connectivity index (χ1v) is 9.67. The van der Waals surface area contributed by atoms with Gasteiger partial charge in [-0.1, -0.05) is 29.8 Å². The molecule has 0 aliphatic carbocycles. The normalized spacial score (nSPS) is 13.0. The average Bonchev–Trinajstić information content (AvgIpc) is 2.61. The van der Waals surface area contributed by atoms with Gasteiger partial charge in [0, 0.05) is 11.4 Å². The van der Waals surface area contributed by atoms with Crippen molar-refractivity contribution < 1.29 is 14.5 Å². The van der Waals surface area contributed by atoms with Crippen LogP contribution in [-0.4, -0.2) is 31.4 Å². The number of carbonyl (C=O) groups is 2. The van der Waals surface area contributed by atoms with E-state index in [9.17, 15) is 9.59 Å². The van der Waals surface area contributed by atoms with Crippen LogP contribution in [0, 0.1) is 34.6 Å². The maximum absolute atomic E-state index is 12.7. The van der Waals surface area contributed by atoms with Crippen molar-refractivity contribution in [2.45, 2.75) is 47.6 Å². The Labute approximate surface area is 168 Å². The standard InChI is InChI=1S/C23H31N3O2/c1-14-11-16(3)22(17(4)12-14)25-23(28)19(6)26(7)13-21(27)24-20-10-8-9-15(2)18(20)5/h8-12,19H,13H2,1-7H3,(H,24,27)(H,25,28)/p+1/t19-/m0/s1. The Morgan fingerprint density at radius 1 is 0.964 bits per heavy atom. The lowest BCUT2D eigenvalue weighted by atomic mass is 10.0. The summed E-state index contributed by atoms with van der Waals surface area (Å²) in [5, 5.41) is 5.99. The third-order valence-electron chi connectivity index (χ3n) is 5.38. The first kappa shape index (κ1) is 21.6. The summed E-state index contributed by atoms with van der Waals surface area (Å²) in [5.41, 5.74) is 7.13. The molecule has 150 valence electrons. The van der Waals surface area contributed by atoms with Crippen LogP contribution in [0.5, 0.6) is 0 Å². The van der Waals surface area contributed by atoms with E-state index < -0.39 is 0 Å². The number of nitrogens with one attached hydrogen (secondary N) is 3. The molecule has 0 aliphatic heterocycles. The Bertz CT molecular complexity index is 866. The van der Waals surface area contributed by atoms with Gasteiger partial charge in [0.25, 0.3) is 11.8 Å². The van der Waals surface area contributed by atoms with Crippen molar-refractivity contribution in [3.8, 4) is 0 Å². The number of hydrogen-bond donors (Lipinski definition) is 3. The second-order valence-corrected chi connectivity index (χ2v) is 7.80. The Kier molecular flexibility index (Phi) is 6.97. The molecule has 2 amide bonds. The molecule has 2 aromatic rings. The van der Waals surface area contributed by atoms with Crippen LogP contribution in [-0.2, 0) is 9.59 Å². The number of rotatable bonds is 6. The second-order valence-electron chi connectivity index (χ2n) is 7.80. The molecular weight excluding hydrogens is 350 g/mol. The Morgan fingerprint density at radius 3 is 2.18 bits per heavy atom. The van der Waals surface area contributed by atoms with Gasteiger partial charge in [-0.25, -0.2) is 0 Å². The lowest BCUT2D eigenvalue weighted by Crippen LogP contribution is -3.14. The minimum absolute atomic E-state index is 0.0907. The molecule has 0 saturated carbocycles. The molecule has 5 heteroatoms. The predicted molar refractivity (Wildman–Crippen MR) is 115 cm³/mol. The molecule has 0 heterocycles. The molecule has 2 atom stereocenters. The van der Waals surface area contributed by atoms with Crippen molar-refractivity contribution >= 4 is 23.2 Å². The van der Waals surface area contributed by atoms with E-state index in [2.05, 4.69) is 22.8 Å². The maximum Gasteiger partial charge on any atom is 0.282 e. The zero-order valence-electron chi connectivity index (χ0n) is 18.0. The fourth-order valence-electron chi connectivity index (χ4n) is 3.32. The van der Waals surface area contributed by atoms with Gasteiger partial charge in [-0.3, -0.25) is 9.59 Å². The number of benzene rings is 2. The van der Waals surface area contributed by atoms with Crippen LogP contribution in [0.25, 0.3) is 0 Å². The highest BCUT2D eigenvalue weighted by Crippen LogP contribution is 2.22. The van der Waals surface area contributed by atoms with Gasteiger partial charge >= 0.3 is 0 Å². The molecule has 3 N–H and O–H groups in total. The number of anilines is 2. The van der Waals surface area contributed by atoms with Gasteiger partial charge in [-0.2, -0.15) is 0 Å². The number of likely N-dealkylation sites (N-methyl/N-ethyl adjacent to an activating group) is 1. The summed E-state index contributed by atoms with van der Waals surface area (Å²) in [5.74, 6) is -0.194. The molecule has 0 radical (unpaired) electrons. The van der Waals surface area contributed by atoms with E-state index in [0.29, 0.717) is 0 Å². The molecule has 0 fully saturated rings. The van der Waals surface area contributed by atoms with Crippen LogP contribution in [0.2, 0.25) is 0 Å². The highest BCUT2D eigenvalue weighted by Gasteiger charge is 2.25. The van der Waals surface area contributed by atoms with Gasteiger partial charge in [0.1, 0.15) is 0 Å². The van der Waals surface area contributed by atoms with Crippen LogP contribution in [0.1, 0.15) is 34.7 Å². The summed E-state index contributed by atoms with van der Waals surface area (Å²) >= 11 is 0. The van der Waals surface area contributed by atoms with E-state index in [1.807, 2.05) is 66.8 Å². The van der Waals surface area contributed by atoms with Crippen molar-refractivity contribution in [1.82, 2.24) is 0 Å². The third kappa shape index (κ3) is 5.20. The van der Waals surface area contributed by atoms with Gasteiger partial charge in [-0.15, -0.1) is 0 Å². The quantitative estimate of drug-likeness (QED) is 0.719. The molecular formula is C23H32N3O2+.